The zero-order valence-electron chi connectivity index (χ0n) is 10.0. The standard InChI is InChI=1S/C13H20N2O/c1-16-12-6-4-11(5-7-12)13-3-2-9-15(13)10-8-14/h4-7,13H,2-3,8-10,14H2,1H3/p+2/t13-/m0/s1. The molecular formula is C13H22N2O+2. The van der Waals surface area contributed by atoms with E-state index in [1.165, 1.54) is 31.5 Å². The molecule has 1 saturated heterocycles. The van der Waals surface area contributed by atoms with Gasteiger partial charge in [-0.1, -0.05) is 0 Å². The number of methoxy groups -OCH3 is 1. The van der Waals surface area contributed by atoms with Crippen molar-refractivity contribution in [1.82, 2.24) is 0 Å². The fourth-order valence-corrected chi connectivity index (χ4v) is 2.68. The molecule has 1 heterocycles. The van der Waals surface area contributed by atoms with Crippen LogP contribution in [0.3, 0.4) is 0 Å². The summed E-state index contributed by atoms with van der Waals surface area (Å²) in [5.74, 6) is 0.945. The summed E-state index contributed by atoms with van der Waals surface area (Å²) in [7, 11) is 1.71. The maximum Gasteiger partial charge on any atom is 0.127 e. The molecule has 3 nitrogen and oxygen atoms in total. The summed E-state index contributed by atoms with van der Waals surface area (Å²) in [6, 6.07) is 9.22. The number of benzene rings is 1. The van der Waals surface area contributed by atoms with E-state index in [0.717, 1.165) is 12.3 Å². The first-order valence-electron chi connectivity index (χ1n) is 6.13. The van der Waals surface area contributed by atoms with Crippen LogP contribution in [0.4, 0.5) is 0 Å². The summed E-state index contributed by atoms with van der Waals surface area (Å²) >= 11 is 0. The molecule has 1 aliphatic rings. The van der Waals surface area contributed by atoms with Gasteiger partial charge in [0, 0.05) is 18.4 Å². The molecule has 0 amide bonds. The molecule has 0 saturated carbocycles. The topological polar surface area (TPSA) is 41.3 Å². The highest BCUT2D eigenvalue weighted by atomic mass is 16.5. The van der Waals surface area contributed by atoms with Crippen LogP contribution >= 0.6 is 0 Å². The second kappa shape index (κ2) is 5.32. The molecule has 1 aromatic rings. The van der Waals surface area contributed by atoms with Gasteiger partial charge in [-0.25, -0.2) is 0 Å². The quantitative estimate of drug-likeness (QED) is 0.719. The third-order valence-electron chi connectivity index (χ3n) is 3.50. The van der Waals surface area contributed by atoms with Crippen molar-refractivity contribution in [1.29, 1.82) is 0 Å². The summed E-state index contributed by atoms with van der Waals surface area (Å²) < 4.78 is 5.19. The zero-order valence-corrected chi connectivity index (χ0v) is 10.0. The number of nitrogens with one attached hydrogen (secondary N) is 1. The molecule has 16 heavy (non-hydrogen) atoms. The van der Waals surface area contributed by atoms with E-state index < -0.39 is 0 Å². The molecule has 1 aliphatic heterocycles. The molecule has 2 atom stereocenters. The van der Waals surface area contributed by atoms with Gasteiger partial charge in [0.2, 0.25) is 0 Å². The molecule has 0 bridgehead atoms. The molecule has 1 fully saturated rings. The lowest BCUT2D eigenvalue weighted by Crippen LogP contribution is -3.11. The lowest BCUT2D eigenvalue weighted by atomic mass is 10.0. The fourth-order valence-electron chi connectivity index (χ4n) is 2.68. The van der Waals surface area contributed by atoms with E-state index in [4.69, 9.17) is 4.74 Å². The predicted octanol–water partition coefficient (Wildman–Crippen LogP) is -0.343. The van der Waals surface area contributed by atoms with Gasteiger partial charge in [0.25, 0.3) is 0 Å². The second-order valence-electron chi connectivity index (χ2n) is 4.48. The summed E-state index contributed by atoms with van der Waals surface area (Å²) in [4.78, 5) is 1.69. The van der Waals surface area contributed by atoms with Gasteiger partial charge in [0.05, 0.1) is 13.7 Å². The highest BCUT2D eigenvalue weighted by Crippen LogP contribution is 2.21. The Bertz CT molecular complexity index is 323. The molecular weight excluding hydrogens is 200 g/mol. The zero-order chi connectivity index (χ0) is 11.4. The van der Waals surface area contributed by atoms with Crippen molar-refractivity contribution in [2.24, 2.45) is 0 Å². The minimum atomic E-state index is 0.674. The van der Waals surface area contributed by atoms with Crippen molar-refractivity contribution < 1.29 is 15.4 Å². The number of quaternary nitrogens is 2. The van der Waals surface area contributed by atoms with E-state index in [1.807, 2.05) is 0 Å². The maximum atomic E-state index is 5.19. The van der Waals surface area contributed by atoms with Gasteiger partial charge in [0.15, 0.2) is 0 Å². The van der Waals surface area contributed by atoms with Crippen LogP contribution in [0, 0.1) is 0 Å². The average molecular weight is 222 g/mol. The maximum absolute atomic E-state index is 5.19. The molecule has 1 aromatic carbocycles. The van der Waals surface area contributed by atoms with Crippen LogP contribution < -0.4 is 15.4 Å². The first-order chi connectivity index (χ1) is 7.85. The van der Waals surface area contributed by atoms with Crippen LogP contribution in [-0.4, -0.2) is 26.7 Å². The largest absolute Gasteiger partial charge is 0.497 e. The Hall–Kier alpha value is -1.06. The average Bonchev–Trinajstić information content (AvgIpc) is 2.78. The van der Waals surface area contributed by atoms with E-state index in [0.29, 0.717) is 6.04 Å². The normalized spacial score (nSPS) is 24.6. The predicted molar refractivity (Wildman–Crippen MR) is 63.4 cm³/mol. The van der Waals surface area contributed by atoms with E-state index >= 15 is 0 Å². The highest BCUT2D eigenvalue weighted by Gasteiger charge is 2.29. The Morgan fingerprint density at radius 3 is 2.75 bits per heavy atom. The first-order valence-corrected chi connectivity index (χ1v) is 6.13. The van der Waals surface area contributed by atoms with Gasteiger partial charge in [-0.2, -0.15) is 0 Å². The van der Waals surface area contributed by atoms with Crippen molar-refractivity contribution in [3.05, 3.63) is 29.8 Å². The molecule has 0 spiro atoms. The molecule has 0 aliphatic carbocycles. The third kappa shape index (κ3) is 2.36. The molecule has 88 valence electrons. The Morgan fingerprint density at radius 1 is 1.38 bits per heavy atom. The van der Waals surface area contributed by atoms with Crippen LogP contribution in [0.25, 0.3) is 0 Å². The van der Waals surface area contributed by atoms with Crippen molar-refractivity contribution in [2.75, 3.05) is 26.7 Å². The van der Waals surface area contributed by atoms with Crippen LogP contribution in [-0.2, 0) is 0 Å². The minimum Gasteiger partial charge on any atom is -0.497 e. The third-order valence-corrected chi connectivity index (χ3v) is 3.50. The van der Waals surface area contributed by atoms with Crippen molar-refractivity contribution in [3.63, 3.8) is 0 Å². The SMILES string of the molecule is COc1ccc([C@@H]2CCC[NH+]2CC[NH3+])cc1. The number of likely N-dealkylation sites (tertiary alicyclic amines) is 1. The summed E-state index contributed by atoms with van der Waals surface area (Å²) in [5.41, 5.74) is 5.41. The summed E-state index contributed by atoms with van der Waals surface area (Å²) in [6.07, 6.45) is 2.65. The molecule has 2 rings (SSSR count). The van der Waals surface area contributed by atoms with Gasteiger partial charge in [-0.3, -0.25) is 0 Å². The van der Waals surface area contributed by atoms with Crippen LogP contribution in [0.1, 0.15) is 24.4 Å². The molecule has 1 unspecified atom stereocenters. The number of hydrogen-bond donors (Lipinski definition) is 2. The minimum absolute atomic E-state index is 0.674. The Kier molecular flexibility index (Phi) is 3.80. The number of hydrogen-bond acceptors (Lipinski definition) is 1. The second-order valence-corrected chi connectivity index (χ2v) is 4.48. The first kappa shape index (κ1) is 11.4. The van der Waals surface area contributed by atoms with E-state index in [-0.39, 0.29) is 0 Å². The summed E-state index contributed by atoms with van der Waals surface area (Å²) in [5, 5.41) is 0. The number of ether oxygens (including phenoxy) is 1. The molecule has 0 aromatic heterocycles. The van der Waals surface area contributed by atoms with Crippen LogP contribution in [0.15, 0.2) is 24.3 Å². The fraction of sp³-hybridized carbons (Fsp3) is 0.538. The Morgan fingerprint density at radius 2 is 2.12 bits per heavy atom. The van der Waals surface area contributed by atoms with Gasteiger partial charge < -0.3 is 15.4 Å². The van der Waals surface area contributed by atoms with Crippen LogP contribution in [0.2, 0.25) is 0 Å². The van der Waals surface area contributed by atoms with Crippen LogP contribution in [0.5, 0.6) is 5.75 Å². The van der Waals surface area contributed by atoms with Crippen molar-refractivity contribution >= 4 is 0 Å². The molecule has 3 heteroatoms. The van der Waals surface area contributed by atoms with E-state index in [1.54, 1.807) is 12.0 Å². The summed E-state index contributed by atoms with van der Waals surface area (Å²) in [6.45, 7) is 3.52. The monoisotopic (exact) mass is 222 g/mol. The van der Waals surface area contributed by atoms with Gasteiger partial charge in [-0.15, -0.1) is 0 Å². The van der Waals surface area contributed by atoms with E-state index in [9.17, 15) is 0 Å². The van der Waals surface area contributed by atoms with E-state index in [2.05, 4.69) is 30.0 Å². The number of rotatable bonds is 4. The van der Waals surface area contributed by atoms with Gasteiger partial charge >= 0.3 is 0 Å². The Labute approximate surface area is 97.2 Å². The van der Waals surface area contributed by atoms with Crippen molar-refractivity contribution in [3.8, 4) is 5.75 Å². The highest BCUT2D eigenvalue weighted by molar-refractivity contribution is 5.28. The molecule has 4 N–H and O–H groups in total. The molecule has 0 radical (unpaired) electrons. The van der Waals surface area contributed by atoms with Crippen molar-refractivity contribution in [2.45, 2.75) is 18.9 Å². The lowest BCUT2D eigenvalue weighted by Gasteiger charge is -2.20. The Balaban J connectivity index is 2.09. The smallest absolute Gasteiger partial charge is 0.127 e. The van der Waals surface area contributed by atoms with Gasteiger partial charge in [-0.05, 0) is 24.3 Å². The van der Waals surface area contributed by atoms with Gasteiger partial charge in [0.1, 0.15) is 24.9 Å². The lowest BCUT2D eigenvalue weighted by molar-refractivity contribution is -0.923.